The van der Waals surface area contributed by atoms with E-state index in [-0.39, 0.29) is 6.04 Å². The van der Waals surface area contributed by atoms with Crippen LogP contribution in [0.2, 0.25) is 0 Å². The maximum Gasteiger partial charge on any atom is 0.149 e. The Morgan fingerprint density at radius 1 is 1.38 bits per heavy atom. The Labute approximate surface area is 125 Å². The van der Waals surface area contributed by atoms with E-state index in [1.54, 1.807) is 13.4 Å². The van der Waals surface area contributed by atoms with Gasteiger partial charge in [0.25, 0.3) is 0 Å². The Morgan fingerprint density at radius 3 is 2.86 bits per heavy atom. The summed E-state index contributed by atoms with van der Waals surface area (Å²) in [6, 6.07) is 9.18. The molecule has 1 aliphatic rings. The van der Waals surface area contributed by atoms with Gasteiger partial charge in [-0.05, 0) is 43.4 Å². The van der Waals surface area contributed by atoms with Gasteiger partial charge in [0.05, 0.1) is 13.2 Å². The lowest BCUT2D eigenvalue weighted by atomic mass is 9.75. The summed E-state index contributed by atoms with van der Waals surface area (Å²) in [4.78, 5) is 0. The molecule has 112 valence electrons. The fraction of sp³-hybridized carbons (Fsp3) is 0.500. The first-order chi connectivity index (χ1) is 10.2. The molecule has 1 fully saturated rings. The second-order valence-corrected chi connectivity index (χ2v) is 5.83. The maximum absolute atomic E-state index is 5.29. The van der Waals surface area contributed by atoms with Crippen molar-refractivity contribution >= 4 is 0 Å². The minimum atomic E-state index is 0.230. The zero-order valence-corrected chi connectivity index (χ0v) is 12.8. The first-order valence-corrected chi connectivity index (χ1v) is 7.41. The van der Waals surface area contributed by atoms with Crippen molar-refractivity contribution in [3.8, 4) is 5.75 Å². The van der Waals surface area contributed by atoms with Crippen LogP contribution >= 0.6 is 0 Å². The molecule has 5 nitrogen and oxygen atoms in total. The average molecular weight is 286 g/mol. The summed E-state index contributed by atoms with van der Waals surface area (Å²) in [6.45, 7) is 2.14. The summed E-state index contributed by atoms with van der Waals surface area (Å²) in [5.41, 5.74) is 1.37. The van der Waals surface area contributed by atoms with Gasteiger partial charge in [-0.2, -0.15) is 0 Å². The third-order valence-corrected chi connectivity index (χ3v) is 4.32. The van der Waals surface area contributed by atoms with E-state index in [4.69, 9.17) is 4.74 Å². The molecule has 0 aliphatic heterocycles. The molecule has 0 saturated heterocycles. The van der Waals surface area contributed by atoms with Gasteiger partial charge in [0.2, 0.25) is 0 Å². The number of nitrogens with zero attached hydrogens (tertiary/aromatic N) is 3. The van der Waals surface area contributed by atoms with Crippen molar-refractivity contribution < 1.29 is 4.74 Å². The number of nitrogens with one attached hydrogen (secondary N) is 1. The highest BCUT2D eigenvalue weighted by molar-refractivity contribution is 5.32. The molecule has 21 heavy (non-hydrogen) atoms. The van der Waals surface area contributed by atoms with Gasteiger partial charge in [-0.15, -0.1) is 10.2 Å². The van der Waals surface area contributed by atoms with Crippen molar-refractivity contribution in [2.75, 3.05) is 7.11 Å². The number of benzene rings is 1. The quantitative estimate of drug-likeness (QED) is 0.917. The zero-order chi connectivity index (χ0) is 14.8. The van der Waals surface area contributed by atoms with Crippen LogP contribution in [0.3, 0.4) is 0 Å². The number of aryl methyl sites for hydroxylation is 1. The zero-order valence-electron chi connectivity index (χ0n) is 12.8. The Morgan fingerprint density at radius 2 is 2.19 bits per heavy atom. The van der Waals surface area contributed by atoms with Gasteiger partial charge in [0, 0.05) is 13.1 Å². The lowest BCUT2D eigenvalue weighted by Gasteiger charge is -2.38. The summed E-state index contributed by atoms with van der Waals surface area (Å²) >= 11 is 0. The van der Waals surface area contributed by atoms with Crippen molar-refractivity contribution in [3.05, 3.63) is 42.0 Å². The lowest BCUT2D eigenvalue weighted by Crippen LogP contribution is -2.41. The second kappa shape index (κ2) is 5.85. The van der Waals surface area contributed by atoms with Crippen molar-refractivity contribution in [1.82, 2.24) is 20.1 Å². The molecule has 0 bridgehead atoms. The van der Waals surface area contributed by atoms with Gasteiger partial charge >= 0.3 is 0 Å². The van der Waals surface area contributed by atoms with Crippen LogP contribution < -0.4 is 10.1 Å². The molecule has 3 rings (SSSR count). The fourth-order valence-corrected chi connectivity index (χ4v) is 3.03. The summed E-state index contributed by atoms with van der Waals surface area (Å²) in [5, 5.41) is 11.7. The molecule has 1 saturated carbocycles. The molecule has 1 heterocycles. The maximum atomic E-state index is 5.29. The van der Waals surface area contributed by atoms with Crippen molar-refractivity contribution in [1.29, 1.82) is 0 Å². The van der Waals surface area contributed by atoms with Gasteiger partial charge in [-0.25, -0.2) is 0 Å². The monoisotopic (exact) mass is 286 g/mol. The van der Waals surface area contributed by atoms with E-state index in [0.717, 1.165) is 24.4 Å². The number of hydrogen-bond acceptors (Lipinski definition) is 4. The van der Waals surface area contributed by atoms with Crippen molar-refractivity contribution in [3.63, 3.8) is 0 Å². The predicted octanol–water partition coefficient (Wildman–Crippen LogP) is 2.42. The van der Waals surface area contributed by atoms with Crippen molar-refractivity contribution in [2.45, 2.75) is 37.8 Å². The Hall–Kier alpha value is -1.88. The van der Waals surface area contributed by atoms with E-state index in [1.807, 2.05) is 17.7 Å². The molecule has 1 aliphatic carbocycles. The molecule has 1 atom stereocenters. The van der Waals surface area contributed by atoms with E-state index in [0.29, 0.717) is 12.0 Å². The minimum Gasteiger partial charge on any atom is -0.497 e. The Kier molecular flexibility index (Phi) is 3.92. The molecule has 2 aromatic rings. The fourth-order valence-electron chi connectivity index (χ4n) is 3.03. The standard InChI is InChI=1S/C16H22N4O/c1-11(16-19-17-10-20(16)2)18-14-7-13(8-14)12-5-4-6-15(9-12)21-3/h4-6,9-11,13-14,18H,7-8H2,1-3H3. The predicted molar refractivity (Wildman–Crippen MR) is 81.3 cm³/mol. The van der Waals surface area contributed by atoms with Gasteiger partial charge in [0.15, 0.2) is 0 Å². The second-order valence-electron chi connectivity index (χ2n) is 5.83. The SMILES string of the molecule is COc1cccc(C2CC(NC(C)c3nncn3C)C2)c1. The molecule has 1 unspecified atom stereocenters. The van der Waals surface area contributed by atoms with Crippen LogP contribution in [-0.2, 0) is 7.05 Å². The van der Waals surface area contributed by atoms with Crippen LogP contribution in [0, 0.1) is 0 Å². The summed E-state index contributed by atoms with van der Waals surface area (Å²) in [5.74, 6) is 2.56. The number of methoxy groups -OCH3 is 1. The normalized spacial score (nSPS) is 22.6. The third-order valence-electron chi connectivity index (χ3n) is 4.32. The first kappa shape index (κ1) is 14.1. The van der Waals surface area contributed by atoms with E-state index in [1.165, 1.54) is 5.56 Å². The van der Waals surface area contributed by atoms with Gasteiger partial charge in [0.1, 0.15) is 17.9 Å². The highest BCUT2D eigenvalue weighted by atomic mass is 16.5. The van der Waals surface area contributed by atoms with Gasteiger partial charge in [-0.3, -0.25) is 0 Å². The highest BCUT2D eigenvalue weighted by Gasteiger charge is 2.31. The number of ether oxygens (including phenoxy) is 1. The van der Waals surface area contributed by atoms with Crippen LogP contribution in [0.1, 0.15) is 43.1 Å². The number of rotatable bonds is 5. The smallest absolute Gasteiger partial charge is 0.149 e. The Bertz CT molecular complexity index is 604. The van der Waals surface area contributed by atoms with Crippen LogP contribution in [0.25, 0.3) is 0 Å². The molecule has 1 aromatic carbocycles. The molecule has 1 N–H and O–H groups in total. The highest BCUT2D eigenvalue weighted by Crippen LogP contribution is 2.38. The molecule has 0 amide bonds. The van der Waals surface area contributed by atoms with E-state index >= 15 is 0 Å². The van der Waals surface area contributed by atoms with Crippen molar-refractivity contribution in [2.24, 2.45) is 7.05 Å². The van der Waals surface area contributed by atoms with E-state index in [9.17, 15) is 0 Å². The molecule has 5 heteroatoms. The topological polar surface area (TPSA) is 52.0 Å². The van der Waals surface area contributed by atoms with Crippen LogP contribution in [0.15, 0.2) is 30.6 Å². The molecule has 0 radical (unpaired) electrons. The summed E-state index contributed by atoms with van der Waals surface area (Å²) < 4.78 is 7.26. The van der Waals surface area contributed by atoms with Gasteiger partial charge < -0.3 is 14.6 Å². The number of aromatic nitrogens is 3. The average Bonchev–Trinajstić information content (AvgIpc) is 2.88. The molecular formula is C16H22N4O. The molecule has 0 spiro atoms. The van der Waals surface area contributed by atoms with E-state index in [2.05, 4.69) is 40.6 Å². The third kappa shape index (κ3) is 2.93. The van der Waals surface area contributed by atoms with Crippen LogP contribution in [-0.4, -0.2) is 27.9 Å². The lowest BCUT2D eigenvalue weighted by molar-refractivity contribution is 0.265. The first-order valence-electron chi connectivity index (χ1n) is 7.41. The van der Waals surface area contributed by atoms with Crippen LogP contribution in [0.5, 0.6) is 5.75 Å². The number of hydrogen-bond donors (Lipinski definition) is 1. The Balaban J connectivity index is 1.55. The minimum absolute atomic E-state index is 0.230. The molecule has 1 aromatic heterocycles. The summed E-state index contributed by atoms with van der Waals surface area (Å²) in [6.07, 6.45) is 4.07. The van der Waals surface area contributed by atoms with E-state index < -0.39 is 0 Å². The van der Waals surface area contributed by atoms with Crippen LogP contribution in [0.4, 0.5) is 0 Å². The summed E-state index contributed by atoms with van der Waals surface area (Å²) in [7, 11) is 3.69. The van der Waals surface area contributed by atoms with Gasteiger partial charge in [-0.1, -0.05) is 12.1 Å². The largest absolute Gasteiger partial charge is 0.497 e. The molecular weight excluding hydrogens is 264 g/mol.